The Morgan fingerprint density at radius 2 is 2.09 bits per heavy atom. The molecule has 0 saturated carbocycles. The summed E-state index contributed by atoms with van der Waals surface area (Å²) in [6.07, 6.45) is 6.47. The molecule has 0 bridgehead atoms. The standard InChI is InChI=1S/C20H27NO2/c1-3-5-8-13-21-18-10-7-6-9-16(18)17-14-15(11-12-19(17)21)20(22)23-4-2/h6-7,9-10,15H,3-5,8,11-14H2,1-2H3. The van der Waals surface area contributed by atoms with E-state index in [1.165, 1.54) is 41.4 Å². The highest BCUT2D eigenvalue weighted by Crippen LogP contribution is 2.35. The van der Waals surface area contributed by atoms with Crippen LogP contribution in [-0.2, 0) is 28.9 Å². The van der Waals surface area contributed by atoms with Gasteiger partial charge in [-0.3, -0.25) is 4.79 Å². The number of fused-ring (bicyclic) bond motifs is 3. The Bertz CT molecular complexity index is 686. The van der Waals surface area contributed by atoms with Crippen molar-refractivity contribution in [3.63, 3.8) is 0 Å². The third-order valence-electron chi connectivity index (χ3n) is 4.98. The molecule has 1 heterocycles. The topological polar surface area (TPSA) is 31.2 Å². The van der Waals surface area contributed by atoms with E-state index < -0.39 is 0 Å². The summed E-state index contributed by atoms with van der Waals surface area (Å²) in [5, 5.41) is 1.33. The van der Waals surface area contributed by atoms with Gasteiger partial charge in [0.1, 0.15) is 0 Å². The summed E-state index contributed by atoms with van der Waals surface area (Å²) in [4.78, 5) is 12.1. The summed E-state index contributed by atoms with van der Waals surface area (Å²) in [7, 11) is 0. The number of nitrogens with zero attached hydrogens (tertiary/aromatic N) is 1. The maximum atomic E-state index is 12.1. The number of aryl methyl sites for hydroxylation is 1. The highest BCUT2D eigenvalue weighted by Gasteiger charge is 2.29. The van der Waals surface area contributed by atoms with Gasteiger partial charge in [0.25, 0.3) is 0 Å². The number of carbonyl (C=O) groups is 1. The van der Waals surface area contributed by atoms with Crippen LogP contribution in [0.4, 0.5) is 0 Å². The lowest BCUT2D eigenvalue weighted by molar-refractivity contribution is -0.148. The molecule has 3 rings (SSSR count). The lowest BCUT2D eigenvalue weighted by Crippen LogP contribution is -2.25. The Kier molecular flexibility index (Phi) is 5.04. The normalized spacial score (nSPS) is 17.2. The van der Waals surface area contributed by atoms with E-state index in [0.29, 0.717) is 6.61 Å². The van der Waals surface area contributed by atoms with Crippen LogP contribution < -0.4 is 0 Å². The second kappa shape index (κ2) is 7.20. The number of unbranched alkanes of at least 4 members (excludes halogenated alkanes) is 2. The van der Waals surface area contributed by atoms with E-state index in [1.54, 1.807) is 0 Å². The van der Waals surface area contributed by atoms with Crippen molar-refractivity contribution in [1.82, 2.24) is 4.57 Å². The van der Waals surface area contributed by atoms with Crippen LogP contribution in [0.1, 0.15) is 50.8 Å². The van der Waals surface area contributed by atoms with Crippen LogP contribution in [0.25, 0.3) is 10.9 Å². The van der Waals surface area contributed by atoms with Crippen LogP contribution >= 0.6 is 0 Å². The number of esters is 1. The van der Waals surface area contributed by atoms with Crippen LogP contribution in [0, 0.1) is 5.92 Å². The smallest absolute Gasteiger partial charge is 0.309 e. The molecule has 0 fully saturated rings. The Labute approximate surface area is 138 Å². The molecule has 0 saturated heterocycles. The van der Waals surface area contributed by atoms with E-state index in [2.05, 4.69) is 35.8 Å². The van der Waals surface area contributed by atoms with Gasteiger partial charge in [-0.2, -0.15) is 0 Å². The van der Waals surface area contributed by atoms with Crippen LogP contribution in [0.2, 0.25) is 0 Å². The zero-order chi connectivity index (χ0) is 16.2. The van der Waals surface area contributed by atoms with Gasteiger partial charge in [-0.15, -0.1) is 0 Å². The highest BCUT2D eigenvalue weighted by molar-refractivity contribution is 5.87. The Hall–Kier alpha value is -1.77. The maximum Gasteiger partial charge on any atom is 0.309 e. The lowest BCUT2D eigenvalue weighted by Gasteiger charge is -2.22. The van der Waals surface area contributed by atoms with Gasteiger partial charge < -0.3 is 9.30 Å². The van der Waals surface area contributed by atoms with E-state index in [1.807, 2.05) is 6.92 Å². The molecular weight excluding hydrogens is 286 g/mol. The average Bonchev–Trinajstić information content (AvgIpc) is 2.89. The monoisotopic (exact) mass is 313 g/mol. The van der Waals surface area contributed by atoms with Gasteiger partial charge in [0.2, 0.25) is 0 Å². The SMILES string of the molecule is CCCCCn1c2c(c3ccccc31)CC(C(=O)OCC)CC2. The minimum absolute atomic E-state index is 0.0253. The van der Waals surface area contributed by atoms with Crippen molar-refractivity contribution in [2.75, 3.05) is 6.61 Å². The number of hydrogen-bond acceptors (Lipinski definition) is 2. The largest absolute Gasteiger partial charge is 0.466 e. The summed E-state index contributed by atoms with van der Waals surface area (Å²) in [5.74, 6) is -0.00156. The van der Waals surface area contributed by atoms with E-state index in [4.69, 9.17) is 4.74 Å². The molecule has 3 heteroatoms. The fraction of sp³-hybridized carbons (Fsp3) is 0.550. The van der Waals surface area contributed by atoms with Gasteiger partial charge in [-0.1, -0.05) is 38.0 Å². The minimum atomic E-state index is -0.0269. The van der Waals surface area contributed by atoms with Gasteiger partial charge >= 0.3 is 5.97 Å². The van der Waals surface area contributed by atoms with Gasteiger partial charge in [-0.05, 0) is 44.2 Å². The first-order chi connectivity index (χ1) is 11.3. The predicted octanol–water partition coefficient (Wildman–Crippen LogP) is 4.50. The van der Waals surface area contributed by atoms with Crippen molar-refractivity contribution in [2.45, 2.75) is 58.9 Å². The second-order valence-corrected chi connectivity index (χ2v) is 6.49. The summed E-state index contributed by atoms with van der Waals surface area (Å²) >= 11 is 0. The molecule has 1 aliphatic rings. The van der Waals surface area contributed by atoms with Gasteiger partial charge in [0, 0.05) is 23.1 Å². The number of rotatable bonds is 6. The fourth-order valence-corrected chi connectivity index (χ4v) is 3.84. The molecule has 3 nitrogen and oxygen atoms in total. The third-order valence-corrected chi connectivity index (χ3v) is 4.98. The molecule has 0 N–H and O–H groups in total. The van der Waals surface area contributed by atoms with Crippen LogP contribution in [0.15, 0.2) is 24.3 Å². The zero-order valence-corrected chi connectivity index (χ0v) is 14.3. The van der Waals surface area contributed by atoms with Crippen molar-refractivity contribution in [3.8, 4) is 0 Å². The van der Waals surface area contributed by atoms with Crippen molar-refractivity contribution >= 4 is 16.9 Å². The van der Waals surface area contributed by atoms with E-state index in [9.17, 15) is 4.79 Å². The molecule has 2 aromatic rings. The number of benzene rings is 1. The molecule has 0 amide bonds. The summed E-state index contributed by atoms with van der Waals surface area (Å²) < 4.78 is 7.75. The molecule has 1 aromatic heterocycles. The van der Waals surface area contributed by atoms with Crippen LogP contribution in [0.5, 0.6) is 0 Å². The molecule has 0 spiro atoms. The fourth-order valence-electron chi connectivity index (χ4n) is 3.84. The molecule has 0 aliphatic heterocycles. The number of para-hydroxylation sites is 1. The molecule has 23 heavy (non-hydrogen) atoms. The summed E-state index contributed by atoms with van der Waals surface area (Å²) in [6.45, 7) is 5.69. The molecule has 1 aliphatic carbocycles. The minimum Gasteiger partial charge on any atom is -0.466 e. The first-order valence-electron chi connectivity index (χ1n) is 9.01. The Balaban J connectivity index is 1.93. The van der Waals surface area contributed by atoms with Gasteiger partial charge in [0.15, 0.2) is 0 Å². The van der Waals surface area contributed by atoms with Crippen molar-refractivity contribution in [3.05, 3.63) is 35.5 Å². The summed E-state index contributed by atoms with van der Waals surface area (Å²) in [6, 6.07) is 8.65. The third kappa shape index (κ3) is 3.15. The molecule has 124 valence electrons. The average molecular weight is 313 g/mol. The van der Waals surface area contributed by atoms with Gasteiger partial charge in [0.05, 0.1) is 12.5 Å². The first kappa shape index (κ1) is 16.1. The number of aromatic nitrogens is 1. The number of hydrogen-bond donors (Lipinski definition) is 0. The molecular formula is C20H27NO2. The van der Waals surface area contributed by atoms with Gasteiger partial charge in [-0.25, -0.2) is 0 Å². The highest BCUT2D eigenvalue weighted by atomic mass is 16.5. The quantitative estimate of drug-likeness (QED) is 0.581. The molecule has 1 aromatic carbocycles. The Morgan fingerprint density at radius 3 is 2.87 bits per heavy atom. The first-order valence-corrected chi connectivity index (χ1v) is 9.01. The maximum absolute atomic E-state index is 12.1. The second-order valence-electron chi connectivity index (χ2n) is 6.49. The molecule has 1 unspecified atom stereocenters. The predicted molar refractivity (Wildman–Crippen MR) is 93.6 cm³/mol. The number of carbonyl (C=O) groups excluding carboxylic acids is 1. The van der Waals surface area contributed by atoms with E-state index in [0.717, 1.165) is 25.8 Å². The Morgan fingerprint density at radius 1 is 1.26 bits per heavy atom. The molecule has 1 atom stereocenters. The van der Waals surface area contributed by atoms with Crippen molar-refractivity contribution in [1.29, 1.82) is 0 Å². The molecule has 0 radical (unpaired) electrons. The van der Waals surface area contributed by atoms with Crippen molar-refractivity contribution in [2.24, 2.45) is 5.92 Å². The summed E-state index contributed by atoms with van der Waals surface area (Å²) in [5.41, 5.74) is 4.15. The van der Waals surface area contributed by atoms with Crippen molar-refractivity contribution < 1.29 is 9.53 Å². The lowest BCUT2D eigenvalue weighted by atomic mass is 9.86. The number of ether oxygens (including phenoxy) is 1. The van der Waals surface area contributed by atoms with Crippen LogP contribution in [-0.4, -0.2) is 17.1 Å². The van der Waals surface area contributed by atoms with E-state index >= 15 is 0 Å². The zero-order valence-electron chi connectivity index (χ0n) is 14.3. The van der Waals surface area contributed by atoms with Crippen LogP contribution in [0.3, 0.4) is 0 Å². The van der Waals surface area contributed by atoms with E-state index in [-0.39, 0.29) is 11.9 Å².